The van der Waals surface area contributed by atoms with Crippen LogP contribution in [0.4, 0.5) is 5.69 Å². The summed E-state index contributed by atoms with van der Waals surface area (Å²) in [6.07, 6.45) is 1.12. The van der Waals surface area contributed by atoms with Gasteiger partial charge < -0.3 is 4.90 Å². The van der Waals surface area contributed by atoms with Crippen LogP contribution in [0.15, 0.2) is 60.7 Å². The highest BCUT2D eigenvalue weighted by Crippen LogP contribution is 2.17. The number of hydrogen-bond donors (Lipinski definition) is 0. The van der Waals surface area contributed by atoms with Crippen LogP contribution in [-0.2, 0) is 0 Å². The topological polar surface area (TPSA) is 44.1 Å². The average molecular weight is 264 g/mol. The van der Waals surface area contributed by atoms with E-state index in [9.17, 15) is 4.79 Å². The second-order valence-corrected chi connectivity index (χ2v) is 4.42. The molecule has 0 aliphatic heterocycles. The molecule has 0 spiro atoms. The van der Waals surface area contributed by atoms with Crippen LogP contribution >= 0.6 is 0 Å². The Morgan fingerprint density at radius 1 is 1.00 bits per heavy atom. The number of para-hydroxylation sites is 1. The van der Waals surface area contributed by atoms with Crippen LogP contribution in [-0.4, -0.2) is 12.5 Å². The smallest absolute Gasteiger partial charge is 0.258 e. The molecule has 0 fully saturated rings. The zero-order chi connectivity index (χ0) is 14.2. The zero-order valence-corrected chi connectivity index (χ0v) is 11.2. The first kappa shape index (κ1) is 13.8. The van der Waals surface area contributed by atoms with Gasteiger partial charge in [0.25, 0.3) is 5.91 Å². The number of anilines is 1. The molecule has 1 amide bonds. The zero-order valence-electron chi connectivity index (χ0n) is 11.2. The highest BCUT2D eigenvalue weighted by molar-refractivity contribution is 6.06. The SMILES string of the molecule is N#CCCCN(C(=O)c1ccccc1)c1ccccc1. The number of unbranched alkanes of at least 4 members (excludes halogenated alkanes) is 1. The van der Waals surface area contributed by atoms with Gasteiger partial charge in [-0.3, -0.25) is 4.79 Å². The molecule has 0 atom stereocenters. The molecule has 0 bridgehead atoms. The maximum Gasteiger partial charge on any atom is 0.258 e. The van der Waals surface area contributed by atoms with Gasteiger partial charge in [0.05, 0.1) is 6.07 Å². The number of rotatable bonds is 5. The summed E-state index contributed by atoms with van der Waals surface area (Å²) in [5.74, 6) is -0.0326. The Morgan fingerprint density at radius 2 is 1.60 bits per heavy atom. The third-order valence-electron chi connectivity index (χ3n) is 3.00. The summed E-state index contributed by atoms with van der Waals surface area (Å²) >= 11 is 0. The van der Waals surface area contributed by atoms with E-state index in [0.29, 0.717) is 24.9 Å². The molecular weight excluding hydrogens is 248 g/mol. The summed E-state index contributed by atoms with van der Waals surface area (Å²) in [7, 11) is 0. The van der Waals surface area contributed by atoms with Gasteiger partial charge >= 0.3 is 0 Å². The van der Waals surface area contributed by atoms with E-state index in [1.54, 1.807) is 4.90 Å². The second kappa shape index (κ2) is 7.10. The Bertz CT molecular complexity index is 587. The third kappa shape index (κ3) is 3.46. The Hall–Kier alpha value is -2.60. The standard InChI is InChI=1S/C17H16N2O/c18-13-7-8-14-19(16-11-5-2-6-12-16)17(20)15-9-3-1-4-10-15/h1-6,9-12H,7-8,14H2. The van der Waals surface area contributed by atoms with Crippen molar-refractivity contribution >= 4 is 11.6 Å². The van der Waals surface area contributed by atoms with Crippen molar-refractivity contribution in [2.24, 2.45) is 0 Å². The molecule has 0 saturated heterocycles. The minimum atomic E-state index is -0.0326. The van der Waals surface area contributed by atoms with Crippen molar-refractivity contribution in [3.05, 3.63) is 66.2 Å². The van der Waals surface area contributed by atoms with Gasteiger partial charge in [-0.25, -0.2) is 0 Å². The highest BCUT2D eigenvalue weighted by atomic mass is 16.2. The first-order chi connectivity index (χ1) is 9.83. The summed E-state index contributed by atoms with van der Waals surface area (Å²) in [5, 5.41) is 8.65. The van der Waals surface area contributed by atoms with E-state index in [-0.39, 0.29) is 5.91 Å². The van der Waals surface area contributed by atoms with Gasteiger partial charge in [0.2, 0.25) is 0 Å². The minimum absolute atomic E-state index is 0.0326. The van der Waals surface area contributed by atoms with Crippen molar-refractivity contribution in [2.45, 2.75) is 12.8 Å². The molecule has 0 aliphatic rings. The van der Waals surface area contributed by atoms with Crippen molar-refractivity contribution < 1.29 is 4.79 Å². The van der Waals surface area contributed by atoms with Gasteiger partial charge in [-0.15, -0.1) is 0 Å². The highest BCUT2D eigenvalue weighted by Gasteiger charge is 2.16. The number of amides is 1. The van der Waals surface area contributed by atoms with Gasteiger partial charge in [0, 0.05) is 24.2 Å². The first-order valence-electron chi connectivity index (χ1n) is 6.62. The Balaban J connectivity index is 2.23. The Labute approximate surface area is 119 Å². The van der Waals surface area contributed by atoms with E-state index in [1.165, 1.54) is 0 Å². The predicted octanol–water partition coefficient (Wildman–Crippen LogP) is 3.64. The summed E-state index contributed by atoms with van der Waals surface area (Å²) in [6, 6.07) is 20.9. The number of nitriles is 1. The van der Waals surface area contributed by atoms with E-state index in [0.717, 1.165) is 5.69 Å². The van der Waals surface area contributed by atoms with Gasteiger partial charge in [-0.2, -0.15) is 5.26 Å². The van der Waals surface area contributed by atoms with Crippen molar-refractivity contribution in [3.8, 4) is 6.07 Å². The quantitative estimate of drug-likeness (QED) is 0.774. The summed E-state index contributed by atoms with van der Waals surface area (Å²) in [5.41, 5.74) is 1.52. The first-order valence-corrected chi connectivity index (χ1v) is 6.62. The molecule has 0 heterocycles. The molecule has 0 saturated carbocycles. The molecule has 2 aromatic carbocycles. The van der Waals surface area contributed by atoms with Crippen LogP contribution < -0.4 is 4.90 Å². The van der Waals surface area contributed by atoms with Crippen molar-refractivity contribution in [2.75, 3.05) is 11.4 Å². The molecule has 2 rings (SSSR count). The van der Waals surface area contributed by atoms with E-state index >= 15 is 0 Å². The molecule has 3 nitrogen and oxygen atoms in total. The minimum Gasteiger partial charge on any atom is -0.308 e. The number of nitrogens with zero attached hydrogens (tertiary/aromatic N) is 2. The lowest BCUT2D eigenvalue weighted by Gasteiger charge is -2.22. The van der Waals surface area contributed by atoms with Gasteiger partial charge in [-0.05, 0) is 30.7 Å². The lowest BCUT2D eigenvalue weighted by atomic mass is 10.1. The molecular formula is C17H16N2O. The molecule has 0 unspecified atom stereocenters. The van der Waals surface area contributed by atoms with Crippen LogP contribution in [0.2, 0.25) is 0 Å². The number of carbonyl (C=O) groups is 1. The van der Waals surface area contributed by atoms with Crippen molar-refractivity contribution in [1.82, 2.24) is 0 Å². The molecule has 0 aliphatic carbocycles. The number of carbonyl (C=O) groups excluding carboxylic acids is 1. The number of benzene rings is 2. The lowest BCUT2D eigenvalue weighted by molar-refractivity contribution is 0.0986. The van der Waals surface area contributed by atoms with Gasteiger partial charge in [0.15, 0.2) is 0 Å². The molecule has 0 radical (unpaired) electrons. The molecule has 0 aromatic heterocycles. The molecule has 0 N–H and O–H groups in total. The number of hydrogen-bond acceptors (Lipinski definition) is 2. The predicted molar refractivity (Wildman–Crippen MR) is 79.4 cm³/mol. The Kier molecular flexibility index (Phi) is 4.91. The van der Waals surface area contributed by atoms with E-state index < -0.39 is 0 Å². The van der Waals surface area contributed by atoms with E-state index in [1.807, 2.05) is 60.7 Å². The third-order valence-corrected chi connectivity index (χ3v) is 3.00. The fraction of sp³-hybridized carbons (Fsp3) is 0.176. The van der Waals surface area contributed by atoms with Gasteiger partial charge in [-0.1, -0.05) is 36.4 Å². The average Bonchev–Trinajstić information content (AvgIpc) is 2.53. The van der Waals surface area contributed by atoms with Crippen LogP contribution in [0.3, 0.4) is 0 Å². The molecule has 20 heavy (non-hydrogen) atoms. The van der Waals surface area contributed by atoms with Crippen LogP contribution in [0.25, 0.3) is 0 Å². The summed E-state index contributed by atoms with van der Waals surface area (Å²) in [6.45, 7) is 0.547. The van der Waals surface area contributed by atoms with Crippen LogP contribution in [0.5, 0.6) is 0 Å². The van der Waals surface area contributed by atoms with Crippen LogP contribution in [0, 0.1) is 11.3 Å². The van der Waals surface area contributed by atoms with E-state index in [2.05, 4.69) is 6.07 Å². The normalized spacial score (nSPS) is 9.75. The molecule has 2 aromatic rings. The van der Waals surface area contributed by atoms with Gasteiger partial charge in [0.1, 0.15) is 0 Å². The summed E-state index contributed by atoms with van der Waals surface area (Å²) in [4.78, 5) is 14.3. The van der Waals surface area contributed by atoms with Crippen molar-refractivity contribution in [3.63, 3.8) is 0 Å². The Morgan fingerprint density at radius 3 is 2.20 bits per heavy atom. The van der Waals surface area contributed by atoms with Crippen LogP contribution in [0.1, 0.15) is 23.2 Å². The maximum absolute atomic E-state index is 12.6. The monoisotopic (exact) mass is 264 g/mol. The van der Waals surface area contributed by atoms with Crippen molar-refractivity contribution in [1.29, 1.82) is 5.26 Å². The molecule has 3 heteroatoms. The summed E-state index contributed by atoms with van der Waals surface area (Å²) < 4.78 is 0. The largest absolute Gasteiger partial charge is 0.308 e. The molecule has 100 valence electrons. The fourth-order valence-electron chi connectivity index (χ4n) is 2.01. The maximum atomic E-state index is 12.6. The fourth-order valence-corrected chi connectivity index (χ4v) is 2.01. The lowest BCUT2D eigenvalue weighted by Crippen LogP contribution is -2.31. The van der Waals surface area contributed by atoms with E-state index in [4.69, 9.17) is 5.26 Å². The second-order valence-electron chi connectivity index (χ2n) is 4.42.